The van der Waals surface area contributed by atoms with Crippen molar-refractivity contribution in [1.82, 2.24) is 19.6 Å². The summed E-state index contributed by atoms with van der Waals surface area (Å²) >= 11 is 0. The molecule has 21 heavy (non-hydrogen) atoms. The van der Waals surface area contributed by atoms with Crippen molar-refractivity contribution in [3.05, 3.63) is 18.0 Å². The van der Waals surface area contributed by atoms with Crippen LogP contribution in [0, 0.1) is 17.8 Å². The van der Waals surface area contributed by atoms with E-state index >= 15 is 0 Å². The molecule has 0 amide bonds. The summed E-state index contributed by atoms with van der Waals surface area (Å²) in [5.74, 6) is 6.81. The third-order valence-corrected chi connectivity index (χ3v) is 4.40. The van der Waals surface area contributed by atoms with Gasteiger partial charge in [0.15, 0.2) is 0 Å². The molecule has 0 aromatic carbocycles. The van der Waals surface area contributed by atoms with Gasteiger partial charge in [-0.05, 0) is 45.8 Å². The van der Waals surface area contributed by atoms with Crippen molar-refractivity contribution in [3.63, 3.8) is 0 Å². The standard InChI is InChI=1S/C17H28N4/c1-5-7-10-19(3)13-15-9-8-11-21(6-2)17(15)16-12-18-20(4)14-16/h12,14-15,17H,6,8-11,13H2,1-4H3/t15-,17+/m0/s1. The van der Waals surface area contributed by atoms with Gasteiger partial charge in [0.2, 0.25) is 0 Å². The van der Waals surface area contributed by atoms with Gasteiger partial charge in [-0.2, -0.15) is 5.10 Å². The number of piperidine rings is 1. The van der Waals surface area contributed by atoms with Gasteiger partial charge in [-0.3, -0.25) is 14.5 Å². The van der Waals surface area contributed by atoms with Crippen molar-refractivity contribution in [2.75, 3.05) is 33.2 Å². The number of nitrogens with zero attached hydrogens (tertiary/aromatic N) is 4. The Bertz CT molecular complexity index is 496. The highest BCUT2D eigenvalue weighted by Crippen LogP contribution is 2.36. The fourth-order valence-corrected chi connectivity index (χ4v) is 3.45. The van der Waals surface area contributed by atoms with Gasteiger partial charge in [-0.25, -0.2) is 0 Å². The molecule has 2 atom stereocenters. The minimum atomic E-state index is 0.495. The van der Waals surface area contributed by atoms with E-state index in [9.17, 15) is 0 Å². The Balaban J connectivity index is 2.13. The SMILES string of the molecule is CC#CCN(C)C[C@@H]1CCCN(CC)[C@H]1c1cnn(C)c1. The van der Waals surface area contributed by atoms with Gasteiger partial charge in [-0.15, -0.1) is 5.92 Å². The molecule has 116 valence electrons. The lowest BCUT2D eigenvalue weighted by atomic mass is 9.85. The summed E-state index contributed by atoms with van der Waals surface area (Å²) in [4.78, 5) is 4.95. The summed E-state index contributed by atoms with van der Waals surface area (Å²) in [6, 6.07) is 0.495. The molecule has 1 aliphatic rings. The molecule has 1 saturated heterocycles. The first-order valence-corrected chi connectivity index (χ1v) is 7.96. The lowest BCUT2D eigenvalue weighted by Crippen LogP contribution is -2.42. The summed E-state index contributed by atoms with van der Waals surface area (Å²) in [6.45, 7) is 8.44. The maximum atomic E-state index is 4.38. The topological polar surface area (TPSA) is 24.3 Å². The quantitative estimate of drug-likeness (QED) is 0.776. The summed E-state index contributed by atoms with van der Waals surface area (Å²) in [6.07, 6.45) is 6.80. The Morgan fingerprint density at radius 2 is 2.29 bits per heavy atom. The van der Waals surface area contributed by atoms with Crippen LogP contribution in [0.25, 0.3) is 0 Å². The number of hydrogen-bond acceptors (Lipinski definition) is 3. The minimum absolute atomic E-state index is 0.495. The van der Waals surface area contributed by atoms with Gasteiger partial charge in [0.1, 0.15) is 0 Å². The Hall–Kier alpha value is -1.31. The second kappa shape index (κ2) is 7.63. The van der Waals surface area contributed by atoms with Gasteiger partial charge in [0, 0.05) is 31.4 Å². The number of aryl methyl sites for hydroxylation is 1. The van der Waals surface area contributed by atoms with E-state index in [1.807, 2.05) is 24.9 Å². The van der Waals surface area contributed by atoms with Gasteiger partial charge in [0.25, 0.3) is 0 Å². The molecule has 0 unspecified atom stereocenters. The molecule has 0 N–H and O–H groups in total. The van der Waals surface area contributed by atoms with Crippen LogP contribution in [0.4, 0.5) is 0 Å². The van der Waals surface area contributed by atoms with Crippen molar-refractivity contribution in [1.29, 1.82) is 0 Å². The number of likely N-dealkylation sites (tertiary alicyclic amines) is 1. The number of aromatic nitrogens is 2. The summed E-state index contributed by atoms with van der Waals surface area (Å²) in [5, 5.41) is 4.38. The summed E-state index contributed by atoms with van der Waals surface area (Å²) in [7, 11) is 4.18. The molecular formula is C17H28N4. The summed E-state index contributed by atoms with van der Waals surface area (Å²) < 4.78 is 1.92. The zero-order chi connectivity index (χ0) is 15.2. The van der Waals surface area contributed by atoms with E-state index in [1.165, 1.54) is 24.9 Å². The van der Waals surface area contributed by atoms with Crippen molar-refractivity contribution < 1.29 is 0 Å². The molecule has 1 aromatic rings. The van der Waals surface area contributed by atoms with Gasteiger partial charge in [0.05, 0.1) is 12.7 Å². The lowest BCUT2D eigenvalue weighted by molar-refractivity contribution is 0.0790. The Labute approximate surface area is 129 Å². The van der Waals surface area contributed by atoms with Crippen LogP contribution in [-0.2, 0) is 7.05 Å². The monoisotopic (exact) mass is 288 g/mol. The van der Waals surface area contributed by atoms with Gasteiger partial charge in [-0.1, -0.05) is 12.8 Å². The van der Waals surface area contributed by atoms with Crippen LogP contribution in [-0.4, -0.2) is 52.8 Å². The fourth-order valence-electron chi connectivity index (χ4n) is 3.45. The molecule has 4 nitrogen and oxygen atoms in total. The highest BCUT2D eigenvalue weighted by molar-refractivity contribution is 5.13. The van der Waals surface area contributed by atoms with E-state index in [-0.39, 0.29) is 0 Å². The molecule has 1 aliphatic heterocycles. The predicted molar refractivity (Wildman–Crippen MR) is 86.9 cm³/mol. The Morgan fingerprint density at radius 1 is 1.48 bits per heavy atom. The van der Waals surface area contributed by atoms with Crippen LogP contribution in [0.1, 0.15) is 38.3 Å². The van der Waals surface area contributed by atoms with E-state index in [4.69, 9.17) is 0 Å². The zero-order valence-corrected chi connectivity index (χ0v) is 13.8. The summed E-state index contributed by atoms with van der Waals surface area (Å²) in [5.41, 5.74) is 1.36. The van der Waals surface area contributed by atoms with Crippen LogP contribution in [0.5, 0.6) is 0 Å². The molecule has 0 bridgehead atoms. The molecule has 0 radical (unpaired) electrons. The smallest absolute Gasteiger partial charge is 0.0599 e. The second-order valence-corrected chi connectivity index (χ2v) is 6.05. The van der Waals surface area contributed by atoms with Crippen LogP contribution >= 0.6 is 0 Å². The van der Waals surface area contributed by atoms with E-state index < -0.39 is 0 Å². The molecule has 2 rings (SSSR count). The molecule has 0 aliphatic carbocycles. The van der Waals surface area contributed by atoms with Crippen LogP contribution in [0.15, 0.2) is 12.4 Å². The lowest BCUT2D eigenvalue weighted by Gasteiger charge is -2.41. The molecule has 0 spiro atoms. The Kier molecular flexibility index (Phi) is 5.84. The van der Waals surface area contributed by atoms with Crippen LogP contribution in [0.3, 0.4) is 0 Å². The zero-order valence-electron chi connectivity index (χ0n) is 13.8. The average molecular weight is 288 g/mol. The first-order chi connectivity index (χ1) is 10.2. The second-order valence-electron chi connectivity index (χ2n) is 6.05. The average Bonchev–Trinajstić information content (AvgIpc) is 2.91. The fraction of sp³-hybridized carbons (Fsp3) is 0.706. The van der Waals surface area contributed by atoms with E-state index in [0.29, 0.717) is 12.0 Å². The van der Waals surface area contributed by atoms with Crippen molar-refractivity contribution in [2.24, 2.45) is 13.0 Å². The third kappa shape index (κ3) is 4.09. The first-order valence-electron chi connectivity index (χ1n) is 7.96. The van der Waals surface area contributed by atoms with Crippen molar-refractivity contribution in [3.8, 4) is 11.8 Å². The molecule has 0 saturated carbocycles. The van der Waals surface area contributed by atoms with Gasteiger partial charge < -0.3 is 0 Å². The Morgan fingerprint density at radius 3 is 2.90 bits per heavy atom. The maximum absolute atomic E-state index is 4.38. The third-order valence-electron chi connectivity index (χ3n) is 4.40. The number of rotatable bonds is 5. The normalized spacial score (nSPS) is 23.1. The number of hydrogen-bond donors (Lipinski definition) is 0. The predicted octanol–water partition coefficient (Wildman–Crippen LogP) is 2.15. The molecule has 2 heterocycles. The maximum Gasteiger partial charge on any atom is 0.0599 e. The van der Waals surface area contributed by atoms with Crippen molar-refractivity contribution in [2.45, 2.75) is 32.7 Å². The molecule has 4 heteroatoms. The molecule has 1 aromatic heterocycles. The largest absolute Gasteiger partial charge is 0.296 e. The van der Waals surface area contributed by atoms with E-state index in [0.717, 1.165) is 19.6 Å². The highest BCUT2D eigenvalue weighted by Gasteiger charge is 2.33. The highest BCUT2D eigenvalue weighted by atomic mass is 15.3. The first kappa shape index (κ1) is 16.1. The van der Waals surface area contributed by atoms with Gasteiger partial charge >= 0.3 is 0 Å². The van der Waals surface area contributed by atoms with Crippen molar-refractivity contribution >= 4 is 0 Å². The molecule has 1 fully saturated rings. The van der Waals surface area contributed by atoms with E-state index in [2.05, 4.69) is 46.9 Å². The minimum Gasteiger partial charge on any atom is -0.296 e. The van der Waals surface area contributed by atoms with Crippen LogP contribution < -0.4 is 0 Å². The van der Waals surface area contributed by atoms with E-state index in [1.54, 1.807) is 0 Å². The molecular weight excluding hydrogens is 260 g/mol. The van der Waals surface area contributed by atoms with Crippen LogP contribution in [0.2, 0.25) is 0 Å².